The van der Waals surface area contributed by atoms with E-state index in [1.165, 1.54) is 6.20 Å². The van der Waals surface area contributed by atoms with Crippen LogP contribution in [-0.2, 0) is 0 Å². The lowest BCUT2D eigenvalue weighted by molar-refractivity contribution is 0.101. The Morgan fingerprint density at radius 1 is 1.15 bits per heavy atom. The molecule has 4 rings (SSSR count). The molecule has 27 heavy (non-hydrogen) atoms. The molecule has 3 aromatic heterocycles. The number of hydrogen-bond acceptors (Lipinski definition) is 4. The molecule has 8 heteroatoms. The van der Waals surface area contributed by atoms with Gasteiger partial charge in [-0.05, 0) is 19.9 Å². The van der Waals surface area contributed by atoms with Gasteiger partial charge < -0.3 is 5.32 Å². The first-order valence-corrected chi connectivity index (χ1v) is 8.86. The van der Waals surface area contributed by atoms with Crippen molar-refractivity contribution in [3.8, 4) is 11.3 Å². The van der Waals surface area contributed by atoms with Crippen molar-refractivity contribution >= 4 is 29.1 Å². The Morgan fingerprint density at radius 3 is 2.67 bits per heavy atom. The van der Waals surface area contributed by atoms with Crippen molar-refractivity contribution in [3.63, 3.8) is 0 Å². The van der Waals surface area contributed by atoms with Crippen LogP contribution in [0.2, 0.25) is 5.02 Å². The van der Waals surface area contributed by atoms with E-state index < -0.39 is 0 Å². The van der Waals surface area contributed by atoms with Crippen LogP contribution < -0.4 is 5.32 Å². The third kappa shape index (κ3) is 3.29. The molecule has 0 atom stereocenters. The minimum absolute atomic E-state index is 0.00872. The predicted molar refractivity (Wildman–Crippen MR) is 104 cm³/mol. The van der Waals surface area contributed by atoms with Crippen LogP contribution in [-0.4, -0.2) is 30.1 Å². The van der Waals surface area contributed by atoms with E-state index in [-0.39, 0.29) is 11.9 Å². The zero-order valence-corrected chi connectivity index (χ0v) is 15.6. The summed E-state index contributed by atoms with van der Waals surface area (Å²) < 4.78 is 3.39. The van der Waals surface area contributed by atoms with Gasteiger partial charge >= 0.3 is 0 Å². The van der Waals surface area contributed by atoms with Gasteiger partial charge in [0.25, 0.3) is 5.91 Å². The fourth-order valence-electron chi connectivity index (χ4n) is 2.81. The molecule has 4 aromatic rings. The molecule has 0 aliphatic heterocycles. The lowest BCUT2D eigenvalue weighted by atomic mass is 10.2. The normalized spacial score (nSPS) is 11.3. The van der Waals surface area contributed by atoms with Gasteiger partial charge in [0.15, 0.2) is 0 Å². The van der Waals surface area contributed by atoms with Crippen LogP contribution in [0.25, 0.3) is 17.0 Å². The van der Waals surface area contributed by atoms with Gasteiger partial charge in [-0.2, -0.15) is 10.1 Å². The summed E-state index contributed by atoms with van der Waals surface area (Å²) in [6, 6.07) is 11.6. The number of rotatable bonds is 4. The highest BCUT2D eigenvalue weighted by molar-refractivity contribution is 6.34. The van der Waals surface area contributed by atoms with Crippen molar-refractivity contribution in [2.24, 2.45) is 0 Å². The van der Waals surface area contributed by atoms with Crippen molar-refractivity contribution in [1.29, 1.82) is 0 Å². The number of imidazole rings is 1. The molecule has 0 saturated heterocycles. The molecule has 0 unspecified atom stereocenters. The minimum Gasteiger partial charge on any atom is -0.305 e. The van der Waals surface area contributed by atoms with Gasteiger partial charge in [0.1, 0.15) is 11.5 Å². The fraction of sp³-hybridized carbons (Fsp3) is 0.158. The Balaban J connectivity index is 1.63. The first-order chi connectivity index (χ1) is 13.0. The molecule has 0 radical (unpaired) electrons. The summed E-state index contributed by atoms with van der Waals surface area (Å²) in [5.41, 5.74) is 2.12. The SMILES string of the molecule is CC(C)n1ncc(Cl)c1C(=O)Nc1ccn2cc(-c3ccccc3)nc2n1. The number of carbonyl (C=O) groups excluding carboxylic acids is 1. The van der Waals surface area contributed by atoms with Crippen molar-refractivity contribution in [2.75, 3.05) is 5.32 Å². The zero-order chi connectivity index (χ0) is 19.0. The number of benzene rings is 1. The van der Waals surface area contributed by atoms with Gasteiger partial charge in [0, 0.05) is 24.0 Å². The predicted octanol–water partition coefficient (Wildman–Crippen LogP) is 4.08. The van der Waals surface area contributed by atoms with E-state index in [9.17, 15) is 4.79 Å². The standard InChI is InChI=1S/C19H17ClN6O/c1-12(2)26-17(14(20)10-21-26)18(27)23-16-8-9-25-11-15(22-19(25)24-16)13-6-4-3-5-7-13/h3-12H,1-2H3,(H,22,23,24,27). The van der Waals surface area contributed by atoms with Gasteiger partial charge in [-0.1, -0.05) is 41.9 Å². The number of nitrogens with zero attached hydrogens (tertiary/aromatic N) is 5. The van der Waals surface area contributed by atoms with Crippen molar-refractivity contribution in [1.82, 2.24) is 24.1 Å². The molecule has 0 aliphatic rings. The van der Waals surface area contributed by atoms with Gasteiger partial charge in [-0.3, -0.25) is 13.9 Å². The summed E-state index contributed by atoms with van der Waals surface area (Å²) in [5, 5.41) is 7.23. The molecule has 0 saturated carbocycles. The van der Waals surface area contributed by atoms with Crippen LogP contribution in [0.15, 0.2) is 55.0 Å². The molecule has 0 aliphatic carbocycles. The van der Waals surface area contributed by atoms with Crippen molar-refractivity contribution in [3.05, 3.63) is 65.7 Å². The largest absolute Gasteiger partial charge is 0.305 e. The van der Waals surface area contributed by atoms with Crippen LogP contribution in [0.5, 0.6) is 0 Å². The number of fused-ring (bicyclic) bond motifs is 1. The molecule has 1 N–H and O–H groups in total. The Morgan fingerprint density at radius 2 is 1.93 bits per heavy atom. The summed E-state index contributed by atoms with van der Waals surface area (Å²) in [6.45, 7) is 3.86. The smallest absolute Gasteiger partial charge is 0.276 e. The third-order valence-corrected chi connectivity index (χ3v) is 4.37. The first kappa shape index (κ1) is 17.2. The fourth-order valence-corrected chi connectivity index (χ4v) is 3.03. The van der Waals surface area contributed by atoms with Crippen molar-refractivity contribution < 1.29 is 4.79 Å². The number of aromatic nitrogens is 5. The van der Waals surface area contributed by atoms with E-state index in [2.05, 4.69) is 20.4 Å². The Labute approximate surface area is 160 Å². The number of hydrogen-bond donors (Lipinski definition) is 1. The van der Waals surface area contributed by atoms with E-state index in [1.807, 2.05) is 54.8 Å². The number of anilines is 1. The average Bonchev–Trinajstić information content (AvgIpc) is 3.25. The molecule has 136 valence electrons. The molecule has 1 aromatic carbocycles. The van der Waals surface area contributed by atoms with E-state index in [0.29, 0.717) is 22.3 Å². The lowest BCUT2D eigenvalue weighted by Gasteiger charge is -2.11. The van der Waals surface area contributed by atoms with Gasteiger partial charge in [0.05, 0.1) is 16.9 Å². The summed E-state index contributed by atoms with van der Waals surface area (Å²) in [4.78, 5) is 21.6. The highest BCUT2D eigenvalue weighted by atomic mass is 35.5. The van der Waals surface area contributed by atoms with Crippen LogP contribution in [0.1, 0.15) is 30.4 Å². The zero-order valence-electron chi connectivity index (χ0n) is 14.8. The minimum atomic E-state index is -0.363. The Bertz CT molecular complexity index is 1120. The number of carbonyl (C=O) groups is 1. The number of nitrogens with one attached hydrogen (secondary N) is 1. The summed E-state index contributed by atoms with van der Waals surface area (Å²) >= 11 is 6.14. The summed E-state index contributed by atoms with van der Waals surface area (Å²) in [6.07, 6.45) is 5.17. The summed E-state index contributed by atoms with van der Waals surface area (Å²) in [5.74, 6) is 0.526. The number of amides is 1. The monoisotopic (exact) mass is 380 g/mol. The second-order valence-electron chi connectivity index (χ2n) is 6.35. The maximum absolute atomic E-state index is 12.7. The lowest BCUT2D eigenvalue weighted by Crippen LogP contribution is -2.20. The molecule has 0 spiro atoms. The first-order valence-electron chi connectivity index (χ1n) is 8.48. The molecule has 3 heterocycles. The van der Waals surface area contributed by atoms with E-state index in [4.69, 9.17) is 11.6 Å². The van der Waals surface area contributed by atoms with E-state index in [0.717, 1.165) is 11.3 Å². The quantitative estimate of drug-likeness (QED) is 0.578. The van der Waals surface area contributed by atoms with Crippen LogP contribution in [0.4, 0.5) is 5.82 Å². The van der Waals surface area contributed by atoms with Crippen LogP contribution in [0, 0.1) is 0 Å². The van der Waals surface area contributed by atoms with Gasteiger partial charge in [0.2, 0.25) is 5.78 Å². The Kier molecular flexibility index (Phi) is 4.37. The van der Waals surface area contributed by atoms with E-state index >= 15 is 0 Å². The third-order valence-electron chi connectivity index (χ3n) is 4.09. The Hall–Kier alpha value is -3.19. The molecule has 0 fully saturated rings. The van der Waals surface area contributed by atoms with Gasteiger partial charge in [-0.15, -0.1) is 0 Å². The maximum Gasteiger partial charge on any atom is 0.276 e. The molecular weight excluding hydrogens is 364 g/mol. The molecule has 7 nitrogen and oxygen atoms in total. The van der Waals surface area contributed by atoms with Crippen molar-refractivity contribution in [2.45, 2.75) is 19.9 Å². The average molecular weight is 381 g/mol. The molecule has 1 amide bonds. The highest BCUT2D eigenvalue weighted by Gasteiger charge is 2.20. The highest BCUT2D eigenvalue weighted by Crippen LogP contribution is 2.21. The second-order valence-corrected chi connectivity index (χ2v) is 6.75. The van der Waals surface area contributed by atoms with Crippen LogP contribution >= 0.6 is 11.6 Å². The topological polar surface area (TPSA) is 77.1 Å². The van der Waals surface area contributed by atoms with Crippen LogP contribution in [0.3, 0.4) is 0 Å². The second kappa shape index (κ2) is 6.85. The van der Waals surface area contributed by atoms with Gasteiger partial charge in [-0.25, -0.2) is 4.98 Å². The molecule has 0 bridgehead atoms. The van der Waals surface area contributed by atoms with E-state index in [1.54, 1.807) is 16.9 Å². The maximum atomic E-state index is 12.7. The summed E-state index contributed by atoms with van der Waals surface area (Å²) in [7, 11) is 0. The molecular formula is C19H17ClN6O. The number of halogens is 1.